The van der Waals surface area contributed by atoms with Gasteiger partial charge in [0.2, 0.25) is 0 Å². The van der Waals surface area contributed by atoms with Crippen molar-refractivity contribution in [2.45, 2.75) is 0 Å². The van der Waals surface area contributed by atoms with Crippen LogP contribution in [0.25, 0.3) is 86.3 Å². The van der Waals surface area contributed by atoms with Crippen LogP contribution < -0.4 is 4.90 Å². The summed E-state index contributed by atoms with van der Waals surface area (Å²) in [6, 6.07) is 72.3. The zero-order valence-corrected chi connectivity index (χ0v) is 30.6. The summed E-state index contributed by atoms with van der Waals surface area (Å²) in [7, 11) is 0. The lowest BCUT2D eigenvalue weighted by atomic mass is 9.97. The summed E-state index contributed by atoms with van der Waals surface area (Å²) in [6.45, 7) is 0. The highest BCUT2D eigenvalue weighted by Gasteiger charge is 2.23. The minimum absolute atomic E-state index is 0.903. The molecule has 9 aromatic carbocycles. The van der Waals surface area contributed by atoms with Gasteiger partial charge < -0.3 is 9.32 Å². The Balaban J connectivity index is 1.14. The Morgan fingerprint density at radius 3 is 1.85 bits per heavy atom. The molecule has 3 heteroatoms. The van der Waals surface area contributed by atoms with Crippen LogP contribution in [0.5, 0.6) is 0 Å². The van der Waals surface area contributed by atoms with Crippen molar-refractivity contribution in [3.63, 3.8) is 0 Å². The Bertz CT molecular complexity index is 3190. The number of anilines is 3. The van der Waals surface area contributed by atoms with E-state index in [1.807, 2.05) is 23.5 Å². The molecule has 0 saturated carbocycles. The maximum absolute atomic E-state index is 6.27. The number of thiophene rings is 1. The van der Waals surface area contributed by atoms with E-state index >= 15 is 0 Å². The maximum Gasteiger partial charge on any atom is 0.136 e. The minimum atomic E-state index is 0.903. The first-order valence-corrected chi connectivity index (χ1v) is 19.5. The molecule has 11 aromatic rings. The van der Waals surface area contributed by atoms with Crippen molar-refractivity contribution in [2.24, 2.45) is 0 Å². The molecule has 55 heavy (non-hydrogen) atoms. The topological polar surface area (TPSA) is 16.4 Å². The molecule has 11 rings (SSSR count). The predicted molar refractivity (Wildman–Crippen MR) is 235 cm³/mol. The van der Waals surface area contributed by atoms with Gasteiger partial charge >= 0.3 is 0 Å². The molecule has 0 amide bonds. The number of furan rings is 1. The van der Waals surface area contributed by atoms with Crippen molar-refractivity contribution in [1.29, 1.82) is 0 Å². The lowest BCUT2D eigenvalue weighted by Gasteiger charge is -2.29. The molecule has 2 nitrogen and oxygen atoms in total. The lowest BCUT2D eigenvalue weighted by Crippen LogP contribution is -2.11. The second-order valence-electron chi connectivity index (χ2n) is 14.1. The second-order valence-corrected chi connectivity index (χ2v) is 15.1. The number of benzene rings is 9. The number of rotatable bonds is 6. The van der Waals surface area contributed by atoms with Crippen LogP contribution >= 0.6 is 11.3 Å². The van der Waals surface area contributed by atoms with E-state index in [-0.39, 0.29) is 0 Å². The molecule has 0 fully saturated rings. The molecule has 0 spiro atoms. The summed E-state index contributed by atoms with van der Waals surface area (Å²) < 4.78 is 8.82. The van der Waals surface area contributed by atoms with Crippen LogP contribution in [0.4, 0.5) is 17.1 Å². The Morgan fingerprint density at radius 1 is 0.382 bits per heavy atom. The van der Waals surface area contributed by atoms with Crippen molar-refractivity contribution in [1.82, 2.24) is 0 Å². The average Bonchev–Trinajstić information content (AvgIpc) is 3.83. The molecule has 258 valence electrons. The number of hydrogen-bond acceptors (Lipinski definition) is 3. The van der Waals surface area contributed by atoms with Gasteiger partial charge in [0.25, 0.3) is 0 Å². The molecule has 0 saturated heterocycles. The van der Waals surface area contributed by atoms with Crippen molar-refractivity contribution in [2.75, 3.05) is 4.90 Å². The Labute approximate surface area is 322 Å². The molecule has 0 atom stereocenters. The van der Waals surface area contributed by atoms with Crippen molar-refractivity contribution in [3.05, 3.63) is 200 Å². The van der Waals surface area contributed by atoms with E-state index in [1.54, 1.807) is 0 Å². The smallest absolute Gasteiger partial charge is 0.136 e. The van der Waals surface area contributed by atoms with Crippen LogP contribution in [-0.4, -0.2) is 0 Å². The van der Waals surface area contributed by atoms with Gasteiger partial charge in [0.05, 0.1) is 10.4 Å². The van der Waals surface area contributed by atoms with Gasteiger partial charge in [0, 0.05) is 43.2 Å². The molecular weight excluding hydrogens is 687 g/mol. The van der Waals surface area contributed by atoms with Gasteiger partial charge in [-0.2, -0.15) is 0 Å². The van der Waals surface area contributed by atoms with Crippen molar-refractivity contribution in [3.8, 4) is 33.4 Å². The normalized spacial score (nSPS) is 11.6. The number of hydrogen-bond donors (Lipinski definition) is 0. The first-order chi connectivity index (χ1) is 27.3. The SMILES string of the molecule is c1ccc(-c2ccc3cc(N(c4ccc(-c5cccc6oc7ccccc7c56)cc4)c4c(-c5ccccc5)ccc5c4sc4ccccc45)ccc3c2)cc1. The van der Waals surface area contributed by atoms with Crippen LogP contribution in [0, 0.1) is 0 Å². The first kappa shape index (κ1) is 31.6. The summed E-state index contributed by atoms with van der Waals surface area (Å²) >= 11 is 1.87. The van der Waals surface area contributed by atoms with Crippen LogP contribution in [0.15, 0.2) is 205 Å². The molecule has 0 aliphatic heterocycles. The lowest BCUT2D eigenvalue weighted by molar-refractivity contribution is 0.669. The summed E-state index contributed by atoms with van der Waals surface area (Å²) in [5.74, 6) is 0. The van der Waals surface area contributed by atoms with E-state index in [0.717, 1.165) is 44.4 Å². The molecule has 0 bridgehead atoms. The van der Waals surface area contributed by atoms with E-state index in [1.165, 1.54) is 58.9 Å². The highest BCUT2D eigenvalue weighted by Crippen LogP contribution is 2.50. The van der Waals surface area contributed by atoms with E-state index in [0.29, 0.717) is 0 Å². The highest BCUT2D eigenvalue weighted by molar-refractivity contribution is 7.26. The standard InChI is InChI=1S/C52H33NOS/c1-3-12-34(13-4-1)37-22-23-39-33-41(29-26-38(39)32-37)53(40-27-24-36(25-28-40)42-18-11-20-48-50(42)46-17-7-9-19-47(46)54-48)51-43(35-14-5-2-6-15-35)30-31-45-44-16-8-10-21-49(44)55-52(45)51/h1-33H. The minimum Gasteiger partial charge on any atom is -0.456 e. The third kappa shape index (κ3) is 5.32. The van der Waals surface area contributed by atoms with Gasteiger partial charge in [-0.1, -0.05) is 152 Å². The van der Waals surface area contributed by atoms with Crippen LogP contribution in [0.2, 0.25) is 0 Å². The molecule has 0 unspecified atom stereocenters. The van der Waals surface area contributed by atoms with E-state index in [4.69, 9.17) is 4.42 Å². The van der Waals surface area contributed by atoms with E-state index < -0.39 is 0 Å². The molecule has 2 heterocycles. The number of para-hydroxylation sites is 1. The first-order valence-electron chi connectivity index (χ1n) is 18.7. The highest BCUT2D eigenvalue weighted by atomic mass is 32.1. The fourth-order valence-electron chi connectivity index (χ4n) is 8.24. The van der Waals surface area contributed by atoms with Gasteiger partial charge in [0.1, 0.15) is 11.2 Å². The summed E-state index contributed by atoms with van der Waals surface area (Å²) in [4.78, 5) is 2.47. The molecule has 0 aliphatic carbocycles. The zero-order valence-electron chi connectivity index (χ0n) is 29.8. The van der Waals surface area contributed by atoms with Gasteiger partial charge in [-0.15, -0.1) is 11.3 Å². The Hall–Kier alpha value is -6.94. The fraction of sp³-hybridized carbons (Fsp3) is 0. The Morgan fingerprint density at radius 2 is 1.02 bits per heavy atom. The van der Waals surface area contributed by atoms with Gasteiger partial charge in [-0.05, 0) is 87.1 Å². The average molecular weight is 720 g/mol. The maximum atomic E-state index is 6.27. The van der Waals surface area contributed by atoms with Crippen LogP contribution in [0.3, 0.4) is 0 Å². The van der Waals surface area contributed by atoms with Crippen molar-refractivity contribution >= 4 is 81.3 Å². The summed E-state index contributed by atoms with van der Waals surface area (Å²) in [5, 5.41) is 7.24. The number of fused-ring (bicyclic) bond motifs is 7. The van der Waals surface area contributed by atoms with E-state index in [9.17, 15) is 0 Å². The zero-order chi connectivity index (χ0) is 36.3. The third-order valence-corrected chi connectivity index (χ3v) is 12.1. The monoisotopic (exact) mass is 719 g/mol. The van der Waals surface area contributed by atoms with Crippen LogP contribution in [-0.2, 0) is 0 Å². The van der Waals surface area contributed by atoms with Crippen molar-refractivity contribution < 1.29 is 4.42 Å². The van der Waals surface area contributed by atoms with Crippen LogP contribution in [0.1, 0.15) is 0 Å². The molecule has 2 aromatic heterocycles. The number of nitrogens with zero attached hydrogens (tertiary/aromatic N) is 1. The Kier molecular flexibility index (Phi) is 7.39. The predicted octanol–water partition coefficient (Wildman–Crippen LogP) is 15.6. The molecule has 0 aliphatic rings. The van der Waals surface area contributed by atoms with Gasteiger partial charge in [0.15, 0.2) is 0 Å². The second kappa shape index (κ2) is 12.9. The molecular formula is C52H33NOS. The largest absolute Gasteiger partial charge is 0.456 e. The van der Waals surface area contributed by atoms with Gasteiger partial charge in [-0.25, -0.2) is 0 Å². The molecule has 0 radical (unpaired) electrons. The third-order valence-electron chi connectivity index (χ3n) is 10.9. The summed E-state index contributed by atoms with van der Waals surface area (Å²) in [6.07, 6.45) is 0. The summed E-state index contributed by atoms with van der Waals surface area (Å²) in [5.41, 5.74) is 12.3. The quantitative estimate of drug-likeness (QED) is 0.170. The fourth-order valence-corrected chi connectivity index (χ4v) is 9.48. The molecule has 0 N–H and O–H groups in total. The van der Waals surface area contributed by atoms with E-state index in [2.05, 4.69) is 193 Å². The van der Waals surface area contributed by atoms with Gasteiger partial charge in [-0.3, -0.25) is 0 Å².